The number of hydrogen-bond acceptors (Lipinski definition) is 5. The van der Waals surface area contributed by atoms with E-state index in [-0.39, 0.29) is 5.97 Å². The summed E-state index contributed by atoms with van der Waals surface area (Å²) in [5.41, 5.74) is 3.34. The molecule has 17 heavy (non-hydrogen) atoms. The number of ether oxygens (including phenoxy) is 1. The van der Waals surface area contributed by atoms with Gasteiger partial charge in [0.25, 0.3) is 0 Å². The predicted molar refractivity (Wildman–Crippen MR) is 70.5 cm³/mol. The molecule has 1 N–H and O–H groups in total. The summed E-state index contributed by atoms with van der Waals surface area (Å²) in [5, 5.41) is 7.00. The van der Waals surface area contributed by atoms with Gasteiger partial charge in [-0.15, -0.1) is 23.1 Å². The Kier molecular flexibility index (Phi) is 2.76. The molecule has 3 rings (SSSR count). The Morgan fingerprint density at radius 3 is 3.24 bits per heavy atom. The number of aromatic amines is 1. The van der Waals surface area contributed by atoms with E-state index in [1.165, 1.54) is 11.3 Å². The van der Waals surface area contributed by atoms with Crippen LogP contribution in [0.3, 0.4) is 0 Å². The van der Waals surface area contributed by atoms with Gasteiger partial charge in [0, 0.05) is 16.9 Å². The third-order valence-electron chi connectivity index (χ3n) is 2.53. The summed E-state index contributed by atoms with van der Waals surface area (Å²) in [6.07, 6.45) is 0. The lowest BCUT2D eigenvalue weighted by Gasteiger charge is -2.10. The predicted octanol–water partition coefficient (Wildman–Crippen LogP) is 3.29. The van der Waals surface area contributed by atoms with Gasteiger partial charge in [-0.05, 0) is 22.0 Å². The molecule has 0 saturated carbocycles. The van der Waals surface area contributed by atoms with Gasteiger partial charge in [0.1, 0.15) is 5.69 Å². The molecule has 0 fully saturated rings. The summed E-state index contributed by atoms with van der Waals surface area (Å²) >= 11 is 6.88. The number of H-pyrrole nitrogens is 1. The third-order valence-corrected chi connectivity index (χ3v) is 5.48. The van der Waals surface area contributed by atoms with E-state index in [4.69, 9.17) is 4.74 Å². The topological polar surface area (TPSA) is 55.0 Å². The van der Waals surface area contributed by atoms with Crippen LogP contribution in [0.1, 0.15) is 16.1 Å². The molecule has 0 saturated heterocycles. The van der Waals surface area contributed by atoms with Crippen molar-refractivity contribution >= 4 is 45.0 Å². The standard InChI is InChI=1S/C10H7BrN2O2S2/c1-15-9(14)8-5-3-16-10-4(2-6(11)17-10)7(5)12-13-8/h2H,3H2,1H3,(H,12,13). The Bertz CT molecular complexity index is 605. The first-order valence-electron chi connectivity index (χ1n) is 4.78. The molecular weight excluding hydrogens is 324 g/mol. The van der Waals surface area contributed by atoms with Crippen molar-refractivity contribution < 1.29 is 9.53 Å². The minimum absolute atomic E-state index is 0.364. The Balaban J connectivity index is 2.15. The molecule has 2 aromatic heterocycles. The van der Waals surface area contributed by atoms with Gasteiger partial charge in [-0.25, -0.2) is 4.79 Å². The Labute approximate surface area is 114 Å². The fraction of sp³-hybridized carbons (Fsp3) is 0.200. The summed E-state index contributed by atoms with van der Waals surface area (Å²) in [7, 11) is 1.37. The molecule has 7 heteroatoms. The number of halogens is 1. The number of nitrogens with zero attached hydrogens (tertiary/aromatic N) is 1. The van der Waals surface area contributed by atoms with E-state index < -0.39 is 0 Å². The molecule has 1 aliphatic heterocycles. The molecule has 0 aliphatic carbocycles. The van der Waals surface area contributed by atoms with Crippen molar-refractivity contribution in [3.05, 3.63) is 21.1 Å². The van der Waals surface area contributed by atoms with Crippen molar-refractivity contribution in [2.75, 3.05) is 7.11 Å². The number of carbonyl (C=O) groups excluding carboxylic acids is 1. The Morgan fingerprint density at radius 2 is 2.47 bits per heavy atom. The summed E-state index contributed by atoms with van der Waals surface area (Å²) in [6, 6.07) is 2.03. The Hall–Kier alpha value is -0.790. The lowest BCUT2D eigenvalue weighted by Crippen LogP contribution is -2.05. The van der Waals surface area contributed by atoms with E-state index in [0.717, 1.165) is 26.4 Å². The summed E-state index contributed by atoms with van der Waals surface area (Å²) in [5.74, 6) is 0.382. The van der Waals surface area contributed by atoms with Gasteiger partial charge < -0.3 is 4.74 Å². The summed E-state index contributed by atoms with van der Waals surface area (Å²) < 4.78 is 7.03. The average molecular weight is 331 g/mol. The zero-order valence-corrected chi connectivity index (χ0v) is 12.0. The number of hydrogen-bond donors (Lipinski definition) is 1. The van der Waals surface area contributed by atoms with Crippen LogP contribution in [0, 0.1) is 0 Å². The second kappa shape index (κ2) is 4.15. The molecule has 4 nitrogen and oxygen atoms in total. The number of esters is 1. The van der Waals surface area contributed by atoms with E-state index >= 15 is 0 Å². The number of rotatable bonds is 1. The number of carbonyl (C=O) groups is 1. The molecule has 3 heterocycles. The molecule has 0 atom stereocenters. The molecule has 2 aromatic rings. The van der Waals surface area contributed by atoms with Crippen molar-refractivity contribution in [2.45, 2.75) is 9.96 Å². The van der Waals surface area contributed by atoms with Crippen LogP contribution >= 0.6 is 39.0 Å². The second-order valence-corrected chi connectivity index (χ2v) is 7.13. The largest absolute Gasteiger partial charge is 0.464 e. The Morgan fingerprint density at radius 1 is 1.65 bits per heavy atom. The highest BCUT2D eigenvalue weighted by Gasteiger charge is 2.27. The molecule has 0 aromatic carbocycles. The number of nitrogens with one attached hydrogen (secondary N) is 1. The van der Waals surface area contributed by atoms with Crippen LogP contribution in [-0.4, -0.2) is 23.3 Å². The van der Waals surface area contributed by atoms with Gasteiger partial charge in [0.2, 0.25) is 0 Å². The maximum Gasteiger partial charge on any atom is 0.356 e. The number of fused-ring (bicyclic) bond motifs is 3. The number of thioether (sulfide) groups is 1. The van der Waals surface area contributed by atoms with Crippen molar-refractivity contribution in [1.29, 1.82) is 0 Å². The quantitative estimate of drug-likeness (QED) is 0.815. The molecule has 1 aliphatic rings. The van der Waals surface area contributed by atoms with Crippen LogP contribution in [0.2, 0.25) is 0 Å². The highest BCUT2D eigenvalue weighted by Crippen LogP contribution is 2.47. The van der Waals surface area contributed by atoms with Crippen LogP contribution in [0.15, 0.2) is 14.1 Å². The van der Waals surface area contributed by atoms with Crippen molar-refractivity contribution in [1.82, 2.24) is 10.2 Å². The highest BCUT2D eigenvalue weighted by atomic mass is 79.9. The van der Waals surface area contributed by atoms with Crippen molar-refractivity contribution in [3.63, 3.8) is 0 Å². The monoisotopic (exact) mass is 330 g/mol. The third kappa shape index (κ3) is 1.73. The number of methoxy groups -OCH3 is 1. The first-order chi connectivity index (χ1) is 8.20. The van der Waals surface area contributed by atoms with Gasteiger partial charge in [0.15, 0.2) is 0 Å². The van der Waals surface area contributed by atoms with E-state index in [1.807, 2.05) is 6.07 Å². The maximum absolute atomic E-state index is 11.6. The van der Waals surface area contributed by atoms with Gasteiger partial charge in [-0.2, -0.15) is 5.10 Å². The fourth-order valence-electron chi connectivity index (χ4n) is 1.75. The number of thiophene rings is 1. The van der Waals surface area contributed by atoms with E-state index in [1.54, 1.807) is 23.1 Å². The molecule has 0 amide bonds. The molecule has 88 valence electrons. The maximum atomic E-state index is 11.6. The zero-order chi connectivity index (χ0) is 12.0. The van der Waals surface area contributed by atoms with Crippen molar-refractivity contribution in [3.8, 4) is 11.3 Å². The van der Waals surface area contributed by atoms with Gasteiger partial charge >= 0.3 is 5.97 Å². The van der Waals surface area contributed by atoms with Crippen LogP contribution < -0.4 is 0 Å². The van der Waals surface area contributed by atoms with Crippen LogP contribution in [-0.2, 0) is 10.5 Å². The lowest BCUT2D eigenvalue weighted by molar-refractivity contribution is 0.0593. The fourth-order valence-corrected chi connectivity index (χ4v) is 4.96. The minimum atomic E-state index is -0.364. The minimum Gasteiger partial charge on any atom is -0.464 e. The summed E-state index contributed by atoms with van der Waals surface area (Å²) in [6.45, 7) is 0. The zero-order valence-electron chi connectivity index (χ0n) is 8.74. The van der Waals surface area contributed by atoms with Crippen LogP contribution in [0.25, 0.3) is 11.3 Å². The van der Waals surface area contributed by atoms with Gasteiger partial charge in [-0.1, -0.05) is 0 Å². The first-order valence-corrected chi connectivity index (χ1v) is 7.38. The summed E-state index contributed by atoms with van der Waals surface area (Å²) in [4.78, 5) is 11.6. The van der Waals surface area contributed by atoms with E-state index in [2.05, 4.69) is 26.1 Å². The van der Waals surface area contributed by atoms with Crippen LogP contribution in [0.4, 0.5) is 0 Å². The SMILES string of the molecule is COC(=O)c1[nH]nc2c1CSc1sc(Br)cc1-2. The molecule has 0 radical (unpaired) electrons. The van der Waals surface area contributed by atoms with E-state index in [9.17, 15) is 4.79 Å². The van der Waals surface area contributed by atoms with Gasteiger partial charge in [-0.3, -0.25) is 5.10 Å². The highest BCUT2D eigenvalue weighted by molar-refractivity contribution is 9.11. The average Bonchev–Trinajstić information content (AvgIpc) is 2.89. The molecule has 0 spiro atoms. The normalized spacial score (nSPS) is 13.1. The van der Waals surface area contributed by atoms with Crippen LogP contribution in [0.5, 0.6) is 0 Å². The molecule has 0 bridgehead atoms. The van der Waals surface area contributed by atoms with Crippen molar-refractivity contribution in [2.24, 2.45) is 0 Å². The smallest absolute Gasteiger partial charge is 0.356 e. The second-order valence-electron chi connectivity index (χ2n) is 3.46. The molecular formula is C10H7BrN2O2S2. The van der Waals surface area contributed by atoms with E-state index in [0.29, 0.717) is 5.69 Å². The number of aromatic nitrogens is 2. The lowest BCUT2D eigenvalue weighted by atomic mass is 10.1. The molecule has 0 unspecified atom stereocenters. The van der Waals surface area contributed by atoms with Gasteiger partial charge in [0.05, 0.1) is 20.8 Å². The first kappa shape index (κ1) is 11.3.